The first kappa shape index (κ1) is 13.1. The highest BCUT2D eigenvalue weighted by Crippen LogP contribution is 2.32. The van der Waals surface area contributed by atoms with Crippen molar-refractivity contribution in [2.24, 2.45) is 5.73 Å². The summed E-state index contributed by atoms with van der Waals surface area (Å²) >= 11 is 0. The molecule has 0 spiro atoms. The molecule has 0 aromatic heterocycles. The number of benzene rings is 1. The molecule has 0 aliphatic heterocycles. The van der Waals surface area contributed by atoms with Gasteiger partial charge in [-0.15, -0.1) is 0 Å². The van der Waals surface area contributed by atoms with Gasteiger partial charge < -0.3 is 5.73 Å². The average Bonchev–Trinajstić information content (AvgIpc) is 2.16. The molecule has 90 valence electrons. The van der Waals surface area contributed by atoms with Crippen LogP contribution in [0.2, 0.25) is 0 Å². The summed E-state index contributed by atoms with van der Waals surface area (Å²) in [6.07, 6.45) is 0. The molecule has 0 unspecified atom stereocenters. The van der Waals surface area contributed by atoms with E-state index in [-0.39, 0.29) is 11.0 Å². The van der Waals surface area contributed by atoms with Crippen LogP contribution in [0.1, 0.15) is 37.5 Å². The van der Waals surface area contributed by atoms with Crippen molar-refractivity contribution in [2.45, 2.75) is 39.0 Å². The highest BCUT2D eigenvalue weighted by molar-refractivity contribution is 5.37. The summed E-state index contributed by atoms with van der Waals surface area (Å²) in [7, 11) is 0. The third kappa shape index (κ3) is 2.59. The van der Waals surface area contributed by atoms with Gasteiger partial charge in [0.15, 0.2) is 0 Å². The van der Waals surface area contributed by atoms with Gasteiger partial charge in [0.1, 0.15) is 0 Å². The lowest BCUT2D eigenvalue weighted by atomic mass is 9.85. The molecule has 1 aromatic rings. The minimum Gasteiger partial charge on any atom is -0.325 e. The first-order valence-electron chi connectivity index (χ1n) is 5.38. The lowest BCUT2D eigenvalue weighted by Crippen LogP contribution is -2.26. The quantitative estimate of drug-likeness (QED) is 0.823. The van der Waals surface area contributed by atoms with Crippen LogP contribution in [0.15, 0.2) is 18.2 Å². The molecule has 3 heteroatoms. The van der Waals surface area contributed by atoms with E-state index < -0.39 is 12.5 Å². The van der Waals surface area contributed by atoms with Gasteiger partial charge in [0.2, 0.25) is 0 Å². The second kappa shape index (κ2) is 4.13. The van der Waals surface area contributed by atoms with Crippen molar-refractivity contribution < 1.29 is 8.78 Å². The molecular formula is C13H19F2N. The maximum Gasteiger partial charge on any atom is 0.285 e. The molecule has 0 amide bonds. The fraction of sp³-hybridized carbons (Fsp3) is 0.538. The SMILES string of the molecule is Cc1cc(C(C)(C)C)ccc1C(F)(F)CN. The topological polar surface area (TPSA) is 26.0 Å². The summed E-state index contributed by atoms with van der Waals surface area (Å²) in [6, 6.07) is 5.06. The van der Waals surface area contributed by atoms with E-state index in [9.17, 15) is 8.78 Å². The van der Waals surface area contributed by atoms with E-state index >= 15 is 0 Å². The zero-order valence-corrected chi connectivity index (χ0v) is 10.3. The monoisotopic (exact) mass is 227 g/mol. The minimum atomic E-state index is -2.93. The zero-order valence-electron chi connectivity index (χ0n) is 10.3. The maximum atomic E-state index is 13.4. The van der Waals surface area contributed by atoms with Crippen molar-refractivity contribution in [2.75, 3.05) is 6.54 Å². The van der Waals surface area contributed by atoms with Gasteiger partial charge in [0.05, 0.1) is 6.54 Å². The van der Waals surface area contributed by atoms with Crippen LogP contribution in [0, 0.1) is 6.92 Å². The Labute approximate surface area is 95.7 Å². The van der Waals surface area contributed by atoms with E-state index in [1.165, 1.54) is 6.07 Å². The van der Waals surface area contributed by atoms with Crippen LogP contribution in [-0.4, -0.2) is 6.54 Å². The largest absolute Gasteiger partial charge is 0.325 e. The molecule has 2 N–H and O–H groups in total. The van der Waals surface area contributed by atoms with Gasteiger partial charge in [-0.25, -0.2) is 0 Å². The van der Waals surface area contributed by atoms with E-state index in [1.807, 2.05) is 6.07 Å². The third-order valence-electron chi connectivity index (χ3n) is 2.74. The van der Waals surface area contributed by atoms with Gasteiger partial charge in [-0.05, 0) is 23.5 Å². The van der Waals surface area contributed by atoms with Crippen LogP contribution >= 0.6 is 0 Å². The number of alkyl halides is 2. The van der Waals surface area contributed by atoms with Crippen LogP contribution in [0.25, 0.3) is 0 Å². The number of rotatable bonds is 2. The molecule has 1 aromatic carbocycles. The van der Waals surface area contributed by atoms with Gasteiger partial charge in [-0.1, -0.05) is 39.0 Å². The summed E-state index contributed by atoms with van der Waals surface area (Å²) < 4.78 is 26.9. The van der Waals surface area contributed by atoms with Crippen molar-refractivity contribution >= 4 is 0 Å². The van der Waals surface area contributed by atoms with Crippen LogP contribution in [0.4, 0.5) is 8.78 Å². The van der Waals surface area contributed by atoms with E-state index in [0.29, 0.717) is 5.56 Å². The van der Waals surface area contributed by atoms with E-state index in [1.54, 1.807) is 13.0 Å². The van der Waals surface area contributed by atoms with Gasteiger partial charge >= 0.3 is 0 Å². The standard InChI is InChI=1S/C13H19F2N/c1-9-7-10(12(2,3)4)5-6-11(9)13(14,15)8-16/h5-7H,8,16H2,1-4H3. The van der Waals surface area contributed by atoms with E-state index in [2.05, 4.69) is 20.8 Å². The van der Waals surface area contributed by atoms with Crippen molar-refractivity contribution in [3.05, 3.63) is 34.9 Å². The molecule has 0 bridgehead atoms. The molecule has 0 aliphatic rings. The molecule has 0 saturated carbocycles. The summed E-state index contributed by atoms with van der Waals surface area (Å²) in [4.78, 5) is 0. The van der Waals surface area contributed by atoms with Crippen molar-refractivity contribution in [3.8, 4) is 0 Å². The Kier molecular flexibility index (Phi) is 3.38. The fourth-order valence-corrected chi connectivity index (χ4v) is 1.65. The van der Waals surface area contributed by atoms with Crippen molar-refractivity contribution in [3.63, 3.8) is 0 Å². The van der Waals surface area contributed by atoms with Crippen molar-refractivity contribution in [1.82, 2.24) is 0 Å². The molecule has 0 saturated heterocycles. The summed E-state index contributed by atoms with van der Waals surface area (Å²) in [5.41, 5.74) is 6.74. The Morgan fingerprint density at radius 3 is 2.12 bits per heavy atom. The Morgan fingerprint density at radius 1 is 1.19 bits per heavy atom. The highest BCUT2D eigenvalue weighted by atomic mass is 19.3. The summed E-state index contributed by atoms with van der Waals surface area (Å²) in [5.74, 6) is -2.93. The van der Waals surface area contributed by atoms with Gasteiger partial charge in [0.25, 0.3) is 5.92 Å². The molecular weight excluding hydrogens is 208 g/mol. The normalized spacial score (nSPS) is 12.9. The Hall–Kier alpha value is -0.960. The fourth-order valence-electron chi connectivity index (χ4n) is 1.65. The number of halogens is 2. The average molecular weight is 227 g/mol. The second-order valence-electron chi connectivity index (χ2n) is 5.19. The molecule has 0 aliphatic carbocycles. The smallest absolute Gasteiger partial charge is 0.285 e. The van der Waals surface area contributed by atoms with Crippen LogP contribution in [0.3, 0.4) is 0 Å². The molecule has 0 heterocycles. The van der Waals surface area contributed by atoms with Gasteiger partial charge in [-0.3, -0.25) is 0 Å². The summed E-state index contributed by atoms with van der Waals surface area (Å²) in [5, 5.41) is 0. The van der Waals surface area contributed by atoms with E-state index in [0.717, 1.165) is 5.56 Å². The second-order valence-corrected chi connectivity index (χ2v) is 5.19. The predicted octanol–water partition coefficient (Wildman–Crippen LogP) is 3.34. The number of hydrogen-bond acceptors (Lipinski definition) is 1. The lowest BCUT2D eigenvalue weighted by molar-refractivity contribution is 0.00529. The molecule has 0 fully saturated rings. The molecule has 1 nitrogen and oxygen atoms in total. The third-order valence-corrected chi connectivity index (χ3v) is 2.74. The van der Waals surface area contributed by atoms with E-state index in [4.69, 9.17) is 5.73 Å². The zero-order chi connectivity index (χ0) is 12.6. The Balaban J connectivity index is 3.20. The van der Waals surface area contributed by atoms with Gasteiger partial charge in [-0.2, -0.15) is 8.78 Å². The van der Waals surface area contributed by atoms with Crippen LogP contribution in [-0.2, 0) is 11.3 Å². The maximum absolute atomic E-state index is 13.4. The predicted molar refractivity (Wildman–Crippen MR) is 62.8 cm³/mol. The first-order valence-corrected chi connectivity index (χ1v) is 5.38. The number of nitrogens with two attached hydrogens (primary N) is 1. The highest BCUT2D eigenvalue weighted by Gasteiger charge is 2.31. The van der Waals surface area contributed by atoms with Gasteiger partial charge in [0, 0.05) is 5.56 Å². The van der Waals surface area contributed by atoms with Crippen LogP contribution < -0.4 is 5.73 Å². The lowest BCUT2D eigenvalue weighted by Gasteiger charge is -2.23. The Bertz CT molecular complexity index is 378. The molecule has 0 radical (unpaired) electrons. The Morgan fingerprint density at radius 2 is 1.75 bits per heavy atom. The van der Waals surface area contributed by atoms with Crippen LogP contribution in [0.5, 0.6) is 0 Å². The van der Waals surface area contributed by atoms with Crippen molar-refractivity contribution in [1.29, 1.82) is 0 Å². The molecule has 16 heavy (non-hydrogen) atoms. The minimum absolute atomic E-state index is 0.0265. The first-order chi connectivity index (χ1) is 7.18. The molecule has 0 atom stereocenters. The number of aryl methyl sites for hydroxylation is 1. The number of hydrogen-bond donors (Lipinski definition) is 1. The summed E-state index contributed by atoms with van der Waals surface area (Å²) in [6.45, 7) is 7.23. The molecule has 1 rings (SSSR count).